The predicted octanol–water partition coefficient (Wildman–Crippen LogP) is 4.21. The number of para-hydroxylation sites is 1. The average molecular weight is 310 g/mol. The van der Waals surface area contributed by atoms with Gasteiger partial charge in [0.15, 0.2) is 11.6 Å². The van der Waals surface area contributed by atoms with Gasteiger partial charge < -0.3 is 5.32 Å². The molecule has 2 aromatic rings. The van der Waals surface area contributed by atoms with E-state index in [0.717, 1.165) is 17.7 Å². The van der Waals surface area contributed by atoms with Gasteiger partial charge in [0.05, 0.1) is 4.92 Å². The number of nitrogens with zero attached hydrogens (tertiary/aromatic N) is 1. The second kappa shape index (κ2) is 6.53. The quantitative estimate of drug-likeness (QED) is 0.511. The first-order valence-electron chi connectivity index (χ1n) is 6.05. The van der Waals surface area contributed by atoms with E-state index < -0.39 is 16.6 Å². The summed E-state index contributed by atoms with van der Waals surface area (Å²) in [4.78, 5) is 11.1. The van der Waals surface area contributed by atoms with Gasteiger partial charge in [0.1, 0.15) is 5.69 Å². The zero-order valence-electron chi connectivity index (χ0n) is 11.1. The van der Waals surface area contributed by atoms with Crippen LogP contribution in [0.3, 0.4) is 0 Å². The van der Waals surface area contributed by atoms with Crippen LogP contribution in [0.5, 0.6) is 0 Å². The maximum atomic E-state index is 13.1. The van der Waals surface area contributed by atoms with Gasteiger partial charge in [-0.15, -0.1) is 11.8 Å². The molecule has 0 atom stereocenters. The summed E-state index contributed by atoms with van der Waals surface area (Å²) in [6.45, 7) is 0. The summed E-state index contributed by atoms with van der Waals surface area (Å²) in [5.74, 6) is -1.40. The molecular formula is C14H12F2N2O2S. The molecule has 0 aromatic heterocycles. The van der Waals surface area contributed by atoms with Gasteiger partial charge in [-0.05, 0) is 23.8 Å². The fourth-order valence-corrected chi connectivity index (χ4v) is 2.79. The van der Waals surface area contributed by atoms with Crippen molar-refractivity contribution in [1.82, 2.24) is 0 Å². The number of hydrogen-bond donors (Lipinski definition) is 1. The Morgan fingerprint density at radius 2 is 2.00 bits per heavy atom. The van der Waals surface area contributed by atoms with E-state index in [2.05, 4.69) is 5.32 Å². The Hall–Kier alpha value is -2.15. The molecule has 0 aliphatic rings. The number of nitrogens with one attached hydrogen (secondary N) is 1. The molecule has 0 bridgehead atoms. The third-order valence-electron chi connectivity index (χ3n) is 2.86. The number of anilines is 1. The van der Waals surface area contributed by atoms with Crippen LogP contribution in [0, 0.1) is 21.7 Å². The molecule has 7 heteroatoms. The monoisotopic (exact) mass is 310 g/mol. The van der Waals surface area contributed by atoms with Crippen LogP contribution < -0.4 is 5.32 Å². The molecule has 0 aliphatic carbocycles. The van der Waals surface area contributed by atoms with E-state index >= 15 is 0 Å². The first-order chi connectivity index (χ1) is 10.0. The Balaban J connectivity index is 2.21. The lowest BCUT2D eigenvalue weighted by atomic mass is 10.1. The molecule has 0 aliphatic heterocycles. The van der Waals surface area contributed by atoms with Crippen molar-refractivity contribution in [2.45, 2.75) is 10.6 Å². The van der Waals surface area contributed by atoms with Gasteiger partial charge >= 0.3 is 0 Å². The Morgan fingerprint density at radius 1 is 1.24 bits per heavy atom. The van der Waals surface area contributed by atoms with Gasteiger partial charge in [-0.25, -0.2) is 8.78 Å². The molecule has 0 radical (unpaired) electrons. The maximum Gasteiger partial charge on any atom is 0.292 e. The lowest BCUT2D eigenvalue weighted by molar-refractivity contribution is -0.384. The molecular weight excluding hydrogens is 298 g/mol. The molecule has 0 heterocycles. The molecule has 2 rings (SSSR count). The molecule has 21 heavy (non-hydrogen) atoms. The predicted molar refractivity (Wildman–Crippen MR) is 78.6 cm³/mol. The molecule has 0 spiro atoms. The summed E-state index contributed by atoms with van der Waals surface area (Å²) in [5.41, 5.74) is 1.14. The van der Waals surface area contributed by atoms with E-state index in [1.54, 1.807) is 19.2 Å². The van der Waals surface area contributed by atoms with Gasteiger partial charge in [0.2, 0.25) is 0 Å². The van der Waals surface area contributed by atoms with Crippen LogP contribution in [0.25, 0.3) is 0 Å². The van der Waals surface area contributed by atoms with Crippen molar-refractivity contribution in [3.05, 3.63) is 63.7 Å². The average Bonchev–Trinajstić information content (AvgIpc) is 2.47. The van der Waals surface area contributed by atoms with Gasteiger partial charge in [-0.3, -0.25) is 10.1 Å². The minimum atomic E-state index is -0.909. The van der Waals surface area contributed by atoms with E-state index in [1.807, 2.05) is 0 Å². The van der Waals surface area contributed by atoms with E-state index in [1.165, 1.54) is 23.9 Å². The molecule has 0 fully saturated rings. The molecule has 2 aromatic carbocycles. The van der Waals surface area contributed by atoms with Crippen LogP contribution in [-0.4, -0.2) is 12.0 Å². The first-order valence-corrected chi connectivity index (χ1v) is 7.03. The van der Waals surface area contributed by atoms with Gasteiger partial charge in [0.25, 0.3) is 5.69 Å². The van der Waals surface area contributed by atoms with Crippen LogP contribution in [0.15, 0.2) is 41.3 Å². The van der Waals surface area contributed by atoms with E-state index in [-0.39, 0.29) is 5.69 Å². The topological polar surface area (TPSA) is 55.2 Å². The number of nitro groups is 1. The summed E-state index contributed by atoms with van der Waals surface area (Å²) in [6, 6.07) is 8.41. The van der Waals surface area contributed by atoms with E-state index in [4.69, 9.17) is 0 Å². The van der Waals surface area contributed by atoms with Crippen molar-refractivity contribution in [3.63, 3.8) is 0 Å². The Kier molecular flexibility index (Phi) is 4.74. The number of nitro benzene ring substituents is 1. The first kappa shape index (κ1) is 15.2. The van der Waals surface area contributed by atoms with Crippen LogP contribution in [0.4, 0.5) is 20.2 Å². The smallest absolute Gasteiger partial charge is 0.292 e. The van der Waals surface area contributed by atoms with Crippen molar-refractivity contribution in [3.8, 4) is 0 Å². The zero-order valence-corrected chi connectivity index (χ0v) is 11.9. The van der Waals surface area contributed by atoms with Crippen molar-refractivity contribution < 1.29 is 13.7 Å². The second-order valence-corrected chi connectivity index (χ2v) is 5.23. The molecule has 110 valence electrons. The maximum absolute atomic E-state index is 13.1. The highest BCUT2D eigenvalue weighted by atomic mass is 32.2. The van der Waals surface area contributed by atoms with Crippen molar-refractivity contribution in [2.75, 3.05) is 12.4 Å². The minimum Gasteiger partial charge on any atom is -0.382 e. The number of benzene rings is 2. The molecule has 0 amide bonds. The fourth-order valence-electron chi connectivity index (χ4n) is 1.88. The molecule has 1 N–H and O–H groups in total. The lowest BCUT2D eigenvalue weighted by Gasteiger charge is -2.09. The van der Waals surface area contributed by atoms with Crippen molar-refractivity contribution in [1.29, 1.82) is 0 Å². The minimum absolute atomic E-state index is 0.0131. The fraction of sp³-hybridized carbons (Fsp3) is 0.143. The Labute approximate surface area is 124 Å². The number of rotatable bonds is 5. The van der Waals surface area contributed by atoms with Crippen molar-refractivity contribution >= 4 is 23.1 Å². The highest BCUT2D eigenvalue weighted by Gasteiger charge is 2.16. The highest BCUT2D eigenvalue weighted by Crippen LogP contribution is 2.32. The van der Waals surface area contributed by atoms with Gasteiger partial charge in [0, 0.05) is 23.8 Å². The summed E-state index contributed by atoms with van der Waals surface area (Å²) in [5, 5.41) is 13.8. The third-order valence-corrected chi connectivity index (χ3v) is 3.90. The largest absolute Gasteiger partial charge is 0.382 e. The van der Waals surface area contributed by atoms with Crippen LogP contribution in [-0.2, 0) is 5.75 Å². The van der Waals surface area contributed by atoms with Gasteiger partial charge in [-0.1, -0.05) is 12.1 Å². The Bertz CT molecular complexity index is 680. The summed E-state index contributed by atoms with van der Waals surface area (Å²) in [6.07, 6.45) is 0. The molecule has 0 saturated heterocycles. The number of halogens is 2. The summed E-state index contributed by atoms with van der Waals surface area (Å²) in [7, 11) is 1.61. The van der Waals surface area contributed by atoms with Gasteiger partial charge in [-0.2, -0.15) is 0 Å². The normalized spacial score (nSPS) is 10.4. The molecule has 0 saturated carbocycles. The van der Waals surface area contributed by atoms with E-state index in [0.29, 0.717) is 16.3 Å². The standard InChI is InChI=1S/C14H12F2N2O2S/c1-17-14-9(3-2-4-13(14)18(19)20)8-21-10-5-6-11(15)12(16)7-10/h2-7,17H,8H2,1H3. The third kappa shape index (κ3) is 3.49. The zero-order chi connectivity index (χ0) is 15.4. The highest BCUT2D eigenvalue weighted by molar-refractivity contribution is 7.98. The molecule has 4 nitrogen and oxygen atoms in total. The Morgan fingerprint density at radius 3 is 2.62 bits per heavy atom. The molecule has 0 unspecified atom stereocenters. The van der Waals surface area contributed by atoms with E-state index in [9.17, 15) is 18.9 Å². The summed E-state index contributed by atoms with van der Waals surface area (Å²) < 4.78 is 26.0. The summed E-state index contributed by atoms with van der Waals surface area (Å²) >= 11 is 1.28. The van der Waals surface area contributed by atoms with Crippen LogP contribution >= 0.6 is 11.8 Å². The lowest BCUT2D eigenvalue weighted by Crippen LogP contribution is -2.00. The van der Waals surface area contributed by atoms with Crippen LogP contribution in [0.1, 0.15) is 5.56 Å². The SMILES string of the molecule is CNc1c(CSc2ccc(F)c(F)c2)cccc1[N+](=O)[O-]. The van der Waals surface area contributed by atoms with Crippen LogP contribution in [0.2, 0.25) is 0 Å². The number of hydrogen-bond acceptors (Lipinski definition) is 4. The second-order valence-electron chi connectivity index (χ2n) is 4.18. The number of thioether (sulfide) groups is 1. The van der Waals surface area contributed by atoms with Crippen molar-refractivity contribution in [2.24, 2.45) is 0 Å².